The zero-order valence-electron chi connectivity index (χ0n) is 6.00. The van der Waals surface area contributed by atoms with Crippen LogP contribution in [0.4, 0.5) is 9.59 Å². The topological polar surface area (TPSA) is 69.6 Å². The summed E-state index contributed by atoms with van der Waals surface area (Å²) in [5, 5.41) is 9.61. The molecule has 0 aliphatic rings. The van der Waals surface area contributed by atoms with Gasteiger partial charge in [-0.3, -0.25) is 4.79 Å². The lowest BCUT2D eigenvalue weighted by Crippen LogP contribution is -2.33. The Balaban J connectivity index is 3.39. The van der Waals surface area contributed by atoms with Gasteiger partial charge in [0.2, 0.25) is 0 Å². The van der Waals surface area contributed by atoms with Crippen molar-refractivity contribution in [3.05, 3.63) is 0 Å². The van der Waals surface area contributed by atoms with Crippen LogP contribution >= 0.6 is 11.6 Å². The van der Waals surface area contributed by atoms with Crippen LogP contribution in [0, 0.1) is 0 Å². The van der Waals surface area contributed by atoms with Crippen LogP contribution in [0.2, 0.25) is 0 Å². The van der Waals surface area contributed by atoms with Crippen LogP contribution in [0.25, 0.3) is 0 Å². The lowest BCUT2D eigenvalue weighted by molar-refractivity contribution is 0.192. The monoisotopic (exact) mass is 180 g/mol. The molecule has 0 aromatic heterocycles. The summed E-state index contributed by atoms with van der Waals surface area (Å²) < 4.78 is 0. The molecule has 0 radical (unpaired) electrons. The molecule has 0 atom stereocenters. The molecule has 0 aromatic carbocycles. The summed E-state index contributed by atoms with van der Waals surface area (Å²) in [5.74, 6) is 0. The van der Waals surface area contributed by atoms with E-state index in [4.69, 9.17) is 16.7 Å². The highest BCUT2D eigenvalue weighted by Crippen LogP contribution is 1.89. The predicted octanol–water partition coefficient (Wildman–Crippen LogP) is 0.545. The first-order valence-electron chi connectivity index (χ1n) is 2.91. The molecule has 0 aromatic rings. The van der Waals surface area contributed by atoms with E-state index >= 15 is 0 Å². The van der Waals surface area contributed by atoms with Crippen LogP contribution in [0.3, 0.4) is 0 Å². The van der Waals surface area contributed by atoms with E-state index in [2.05, 4.69) is 5.32 Å². The quantitative estimate of drug-likeness (QED) is 0.492. The van der Waals surface area contributed by atoms with Gasteiger partial charge in [0.25, 0.3) is 0 Å². The van der Waals surface area contributed by atoms with Crippen molar-refractivity contribution in [1.29, 1.82) is 0 Å². The summed E-state index contributed by atoms with van der Waals surface area (Å²) in [4.78, 5) is 21.4. The van der Waals surface area contributed by atoms with Crippen molar-refractivity contribution >= 4 is 23.1 Å². The van der Waals surface area contributed by atoms with Gasteiger partial charge in [-0.05, 0) is 11.6 Å². The Bertz CT molecular complexity index is 162. The zero-order chi connectivity index (χ0) is 8.85. The highest BCUT2D eigenvalue weighted by atomic mass is 35.5. The maximum absolute atomic E-state index is 10.3. The Hall–Kier alpha value is -0.970. The van der Waals surface area contributed by atoms with Crippen molar-refractivity contribution in [3.63, 3.8) is 0 Å². The molecule has 6 heteroatoms. The molecule has 0 heterocycles. The minimum Gasteiger partial charge on any atom is -0.465 e. The molecule has 0 rings (SSSR count). The highest BCUT2D eigenvalue weighted by Gasteiger charge is 2.03. The Morgan fingerprint density at radius 1 is 1.64 bits per heavy atom. The molecule has 64 valence electrons. The number of halogens is 1. The van der Waals surface area contributed by atoms with E-state index in [0.717, 1.165) is 0 Å². The van der Waals surface area contributed by atoms with Gasteiger partial charge in [-0.1, -0.05) is 0 Å². The van der Waals surface area contributed by atoms with Gasteiger partial charge in [-0.15, -0.1) is 0 Å². The van der Waals surface area contributed by atoms with E-state index < -0.39 is 11.5 Å². The maximum atomic E-state index is 10.3. The van der Waals surface area contributed by atoms with Crippen molar-refractivity contribution < 1.29 is 14.7 Å². The molecule has 0 saturated carbocycles. The van der Waals surface area contributed by atoms with Crippen LogP contribution in [0.1, 0.15) is 0 Å². The number of hydrogen-bond donors (Lipinski definition) is 2. The van der Waals surface area contributed by atoms with E-state index in [1.807, 2.05) is 0 Å². The third-order valence-corrected chi connectivity index (χ3v) is 1.31. The second-order valence-electron chi connectivity index (χ2n) is 1.91. The van der Waals surface area contributed by atoms with E-state index in [9.17, 15) is 9.59 Å². The number of rotatable bonds is 3. The Kier molecular flexibility index (Phi) is 4.36. The Morgan fingerprint density at radius 2 is 2.18 bits per heavy atom. The number of carbonyl (C=O) groups excluding carboxylic acids is 1. The Labute approximate surface area is 68.9 Å². The fourth-order valence-corrected chi connectivity index (χ4v) is 0.503. The smallest absolute Gasteiger partial charge is 0.404 e. The first-order chi connectivity index (χ1) is 5.04. The van der Waals surface area contributed by atoms with Crippen LogP contribution in [-0.4, -0.2) is 41.6 Å². The minimum atomic E-state index is -1.11. The van der Waals surface area contributed by atoms with E-state index in [1.54, 1.807) is 0 Å². The Morgan fingerprint density at radius 3 is 2.55 bits per heavy atom. The van der Waals surface area contributed by atoms with Crippen LogP contribution in [-0.2, 0) is 0 Å². The standard InChI is InChI=1S/C5H9ClN2O3/c1-8(4(6)9)3-2-7-5(10)11/h7H,2-3H2,1H3,(H,10,11). The van der Waals surface area contributed by atoms with E-state index in [-0.39, 0.29) is 13.1 Å². The van der Waals surface area contributed by atoms with Crippen molar-refractivity contribution in [2.45, 2.75) is 0 Å². The van der Waals surface area contributed by atoms with Gasteiger partial charge in [0, 0.05) is 20.1 Å². The van der Waals surface area contributed by atoms with Gasteiger partial charge < -0.3 is 15.3 Å². The van der Waals surface area contributed by atoms with Gasteiger partial charge >= 0.3 is 11.5 Å². The van der Waals surface area contributed by atoms with Crippen molar-refractivity contribution in [1.82, 2.24) is 10.2 Å². The summed E-state index contributed by atoms with van der Waals surface area (Å²) in [7, 11) is 1.48. The maximum Gasteiger partial charge on any atom is 0.404 e. The zero-order valence-corrected chi connectivity index (χ0v) is 6.76. The lowest BCUT2D eigenvalue weighted by Gasteiger charge is -2.11. The fourth-order valence-electron chi connectivity index (χ4n) is 0.418. The largest absolute Gasteiger partial charge is 0.465 e. The molecule has 2 N–H and O–H groups in total. The third kappa shape index (κ3) is 5.47. The molecule has 11 heavy (non-hydrogen) atoms. The summed E-state index contributed by atoms with van der Waals surface area (Å²) in [5.41, 5.74) is 0. The molecular weight excluding hydrogens is 172 g/mol. The SMILES string of the molecule is CN(CCNC(=O)O)C(=O)Cl. The van der Waals surface area contributed by atoms with Gasteiger partial charge in [0.1, 0.15) is 0 Å². The number of hydrogen-bond acceptors (Lipinski definition) is 2. The second kappa shape index (κ2) is 4.79. The van der Waals surface area contributed by atoms with Crippen LogP contribution < -0.4 is 5.32 Å². The summed E-state index contributed by atoms with van der Waals surface area (Å²) >= 11 is 5.06. The average molecular weight is 181 g/mol. The number of carboxylic acid groups (broad SMARTS) is 1. The molecule has 0 aliphatic carbocycles. The average Bonchev–Trinajstić information content (AvgIpc) is 1.86. The molecule has 0 unspecified atom stereocenters. The van der Waals surface area contributed by atoms with Gasteiger partial charge in [-0.2, -0.15) is 0 Å². The summed E-state index contributed by atoms with van der Waals surface area (Å²) in [6.45, 7) is 0.457. The molecule has 0 aliphatic heterocycles. The highest BCUT2D eigenvalue weighted by molar-refractivity contribution is 6.62. The predicted molar refractivity (Wildman–Crippen MR) is 39.9 cm³/mol. The van der Waals surface area contributed by atoms with Crippen molar-refractivity contribution in [2.75, 3.05) is 20.1 Å². The molecule has 0 saturated heterocycles. The van der Waals surface area contributed by atoms with Gasteiger partial charge in [-0.25, -0.2) is 4.79 Å². The van der Waals surface area contributed by atoms with E-state index in [1.165, 1.54) is 11.9 Å². The molecule has 2 amide bonds. The molecule has 0 fully saturated rings. The normalized spacial score (nSPS) is 8.91. The number of amides is 2. The molecule has 0 bridgehead atoms. The van der Waals surface area contributed by atoms with Crippen molar-refractivity contribution in [2.24, 2.45) is 0 Å². The number of carbonyl (C=O) groups is 2. The van der Waals surface area contributed by atoms with Gasteiger partial charge in [0.05, 0.1) is 0 Å². The summed E-state index contributed by atoms with van der Waals surface area (Å²) in [6.07, 6.45) is -1.11. The number of nitrogens with zero attached hydrogens (tertiary/aromatic N) is 1. The van der Waals surface area contributed by atoms with Crippen molar-refractivity contribution in [3.8, 4) is 0 Å². The van der Waals surface area contributed by atoms with E-state index in [0.29, 0.717) is 0 Å². The lowest BCUT2D eigenvalue weighted by atomic mass is 10.6. The van der Waals surface area contributed by atoms with Crippen LogP contribution in [0.5, 0.6) is 0 Å². The first-order valence-corrected chi connectivity index (χ1v) is 3.29. The van der Waals surface area contributed by atoms with Gasteiger partial charge in [0.15, 0.2) is 0 Å². The molecule has 5 nitrogen and oxygen atoms in total. The fraction of sp³-hybridized carbons (Fsp3) is 0.600. The molecule has 0 spiro atoms. The number of nitrogens with one attached hydrogen (secondary N) is 1. The number of likely N-dealkylation sites (N-methyl/N-ethyl adjacent to an activating group) is 1. The first kappa shape index (κ1) is 10.0. The third-order valence-electron chi connectivity index (χ3n) is 1.02. The summed E-state index contributed by atoms with van der Waals surface area (Å²) in [6, 6.07) is 0. The second-order valence-corrected chi connectivity index (χ2v) is 2.23. The minimum absolute atomic E-state index is 0.185. The molecular formula is C5H9ClN2O3. The van der Waals surface area contributed by atoms with Crippen LogP contribution in [0.15, 0.2) is 0 Å².